The predicted molar refractivity (Wildman–Crippen MR) is 102 cm³/mol. The Kier molecular flexibility index (Phi) is 6.05. The van der Waals surface area contributed by atoms with Crippen LogP contribution in [0.1, 0.15) is 64.5 Å². The van der Waals surface area contributed by atoms with Crippen molar-refractivity contribution in [1.29, 1.82) is 0 Å². The molecular weight excluding hydrogens is 326 g/mol. The number of carbonyl (C=O) groups excluding carboxylic acids is 2. The molecule has 2 aliphatic carbocycles. The number of amides is 2. The van der Waals surface area contributed by atoms with Crippen LogP contribution in [0.4, 0.5) is 0 Å². The lowest BCUT2D eigenvalue weighted by Crippen LogP contribution is -2.48. The van der Waals surface area contributed by atoms with Gasteiger partial charge in [-0.05, 0) is 51.2 Å². The predicted octanol–water partition coefficient (Wildman–Crippen LogP) is 3.33. The summed E-state index contributed by atoms with van der Waals surface area (Å²) in [7, 11) is 2.01. The van der Waals surface area contributed by atoms with Crippen molar-refractivity contribution < 1.29 is 9.59 Å². The van der Waals surface area contributed by atoms with Gasteiger partial charge < -0.3 is 14.4 Å². The van der Waals surface area contributed by atoms with Gasteiger partial charge in [0.2, 0.25) is 11.8 Å². The molecule has 1 unspecified atom stereocenters. The zero-order valence-corrected chi connectivity index (χ0v) is 16.5. The van der Waals surface area contributed by atoms with Gasteiger partial charge in [0.05, 0.1) is 6.54 Å². The first-order valence-electron chi connectivity index (χ1n) is 10.2. The standard InChI is InChI=1S/C21H33N3O2/c1-4-16(2)23(21(26)17-8-5-6-9-17)15-20(25)24(18-11-12-18)14-19-10-7-13-22(19)3/h7,10,13,16-18H,4-6,8-9,11-12,14-15H2,1-3H3. The number of hydrogen-bond donors (Lipinski definition) is 0. The van der Waals surface area contributed by atoms with Crippen molar-refractivity contribution in [3.05, 3.63) is 24.0 Å². The molecule has 144 valence electrons. The van der Waals surface area contributed by atoms with Crippen LogP contribution in [0.15, 0.2) is 18.3 Å². The summed E-state index contributed by atoms with van der Waals surface area (Å²) < 4.78 is 2.07. The molecule has 5 heteroatoms. The highest BCUT2D eigenvalue weighted by atomic mass is 16.2. The Hall–Kier alpha value is -1.78. The van der Waals surface area contributed by atoms with Gasteiger partial charge in [-0.15, -0.1) is 0 Å². The second-order valence-corrected chi connectivity index (χ2v) is 8.07. The van der Waals surface area contributed by atoms with E-state index in [4.69, 9.17) is 0 Å². The quantitative estimate of drug-likeness (QED) is 0.715. The minimum Gasteiger partial charge on any atom is -0.353 e. The average Bonchev–Trinajstić information content (AvgIpc) is 3.16. The fourth-order valence-electron chi connectivity index (χ4n) is 3.96. The van der Waals surface area contributed by atoms with Gasteiger partial charge in [-0.25, -0.2) is 0 Å². The minimum atomic E-state index is 0.0975. The number of aromatic nitrogens is 1. The Morgan fingerprint density at radius 2 is 1.92 bits per heavy atom. The number of hydrogen-bond acceptors (Lipinski definition) is 2. The maximum Gasteiger partial charge on any atom is 0.242 e. The summed E-state index contributed by atoms with van der Waals surface area (Å²) in [6, 6.07) is 4.54. The van der Waals surface area contributed by atoms with Gasteiger partial charge in [-0.2, -0.15) is 0 Å². The van der Waals surface area contributed by atoms with E-state index in [-0.39, 0.29) is 30.3 Å². The molecule has 2 amide bonds. The summed E-state index contributed by atoms with van der Waals surface area (Å²) >= 11 is 0. The largest absolute Gasteiger partial charge is 0.353 e. The summed E-state index contributed by atoms with van der Waals surface area (Å²) in [6.45, 7) is 5.02. The number of carbonyl (C=O) groups is 2. The van der Waals surface area contributed by atoms with Crippen LogP contribution in [0, 0.1) is 5.92 Å². The van der Waals surface area contributed by atoms with Crippen molar-refractivity contribution in [2.24, 2.45) is 13.0 Å². The molecule has 0 radical (unpaired) electrons. The van der Waals surface area contributed by atoms with Crippen LogP contribution in [0.3, 0.4) is 0 Å². The highest BCUT2D eigenvalue weighted by molar-refractivity contribution is 5.86. The van der Waals surface area contributed by atoms with Crippen molar-refractivity contribution in [2.45, 2.75) is 77.4 Å². The van der Waals surface area contributed by atoms with E-state index in [1.54, 1.807) is 0 Å². The van der Waals surface area contributed by atoms with Crippen LogP contribution in [-0.2, 0) is 23.2 Å². The van der Waals surface area contributed by atoms with Crippen LogP contribution < -0.4 is 0 Å². The van der Waals surface area contributed by atoms with E-state index < -0.39 is 0 Å². The Balaban J connectivity index is 1.70. The fourth-order valence-corrected chi connectivity index (χ4v) is 3.96. The summed E-state index contributed by atoms with van der Waals surface area (Å²) in [4.78, 5) is 30.0. The molecule has 0 aromatic carbocycles. The molecular formula is C21H33N3O2. The van der Waals surface area contributed by atoms with E-state index in [1.165, 1.54) is 0 Å². The van der Waals surface area contributed by atoms with Gasteiger partial charge in [0.15, 0.2) is 0 Å². The molecule has 2 saturated carbocycles. The van der Waals surface area contributed by atoms with Gasteiger partial charge >= 0.3 is 0 Å². The molecule has 0 aliphatic heterocycles. The monoisotopic (exact) mass is 359 g/mol. The van der Waals surface area contributed by atoms with Gasteiger partial charge in [-0.3, -0.25) is 9.59 Å². The Bertz CT molecular complexity index is 629. The molecule has 0 saturated heterocycles. The summed E-state index contributed by atoms with van der Waals surface area (Å²) in [5.41, 5.74) is 1.14. The number of nitrogens with zero attached hydrogens (tertiary/aromatic N) is 3. The molecule has 5 nitrogen and oxygen atoms in total. The summed E-state index contributed by atoms with van der Waals surface area (Å²) in [6.07, 6.45) is 9.30. The molecule has 1 aromatic rings. The molecule has 26 heavy (non-hydrogen) atoms. The third-order valence-electron chi connectivity index (χ3n) is 6.11. The molecule has 0 bridgehead atoms. The maximum absolute atomic E-state index is 13.1. The van der Waals surface area contributed by atoms with Crippen LogP contribution in [0.25, 0.3) is 0 Å². The van der Waals surface area contributed by atoms with Gasteiger partial charge in [0.25, 0.3) is 0 Å². The van der Waals surface area contributed by atoms with Crippen LogP contribution in [-0.4, -0.2) is 44.8 Å². The lowest BCUT2D eigenvalue weighted by Gasteiger charge is -2.33. The molecule has 1 atom stereocenters. The van der Waals surface area contributed by atoms with Crippen LogP contribution in [0.2, 0.25) is 0 Å². The lowest BCUT2D eigenvalue weighted by atomic mass is 10.0. The zero-order valence-electron chi connectivity index (χ0n) is 16.5. The highest BCUT2D eigenvalue weighted by Gasteiger charge is 2.36. The molecule has 1 aromatic heterocycles. The van der Waals surface area contributed by atoms with Crippen LogP contribution in [0.5, 0.6) is 0 Å². The maximum atomic E-state index is 13.1. The second-order valence-electron chi connectivity index (χ2n) is 8.07. The fraction of sp³-hybridized carbons (Fsp3) is 0.714. The zero-order chi connectivity index (χ0) is 18.7. The van der Waals surface area contributed by atoms with Crippen molar-refractivity contribution >= 4 is 11.8 Å². The minimum absolute atomic E-state index is 0.0975. The third kappa shape index (κ3) is 4.30. The molecule has 0 N–H and O–H groups in total. The van der Waals surface area contributed by atoms with Gasteiger partial charge in [0, 0.05) is 36.9 Å². The summed E-state index contributed by atoms with van der Waals surface area (Å²) in [5, 5.41) is 0. The lowest BCUT2D eigenvalue weighted by molar-refractivity contribution is -0.145. The second kappa shape index (κ2) is 8.28. The molecule has 1 heterocycles. The van der Waals surface area contributed by atoms with E-state index in [0.717, 1.165) is 50.6 Å². The smallest absolute Gasteiger partial charge is 0.242 e. The Morgan fingerprint density at radius 3 is 2.46 bits per heavy atom. The van der Waals surface area contributed by atoms with E-state index in [0.29, 0.717) is 12.6 Å². The first-order chi connectivity index (χ1) is 12.5. The molecule has 2 aliphatic rings. The SMILES string of the molecule is CCC(C)N(CC(=O)N(Cc1cccn1C)C1CC1)C(=O)C1CCCC1. The Labute approximate surface area is 157 Å². The highest BCUT2D eigenvalue weighted by Crippen LogP contribution is 2.30. The number of rotatable bonds is 8. The first-order valence-corrected chi connectivity index (χ1v) is 10.2. The average molecular weight is 360 g/mol. The topological polar surface area (TPSA) is 45.6 Å². The van der Waals surface area contributed by atoms with Crippen molar-refractivity contribution in [2.75, 3.05) is 6.54 Å². The van der Waals surface area contributed by atoms with Crippen molar-refractivity contribution in [3.8, 4) is 0 Å². The van der Waals surface area contributed by atoms with Gasteiger partial charge in [0.1, 0.15) is 6.54 Å². The molecule has 0 spiro atoms. The van der Waals surface area contributed by atoms with E-state index in [9.17, 15) is 9.59 Å². The Morgan fingerprint density at radius 1 is 1.23 bits per heavy atom. The normalized spacial score (nSPS) is 18.7. The van der Waals surface area contributed by atoms with Crippen molar-refractivity contribution in [3.63, 3.8) is 0 Å². The molecule has 2 fully saturated rings. The third-order valence-corrected chi connectivity index (χ3v) is 6.11. The number of aryl methyl sites for hydroxylation is 1. The van der Waals surface area contributed by atoms with E-state index >= 15 is 0 Å². The van der Waals surface area contributed by atoms with E-state index in [2.05, 4.69) is 24.5 Å². The molecule has 3 rings (SSSR count). The van der Waals surface area contributed by atoms with E-state index in [1.807, 2.05) is 29.1 Å². The van der Waals surface area contributed by atoms with Crippen molar-refractivity contribution in [1.82, 2.24) is 14.4 Å². The van der Waals surface area contributed by atoms with Gasteiger partial charge in [-0.1, -0.05) is 19.8 Å². The van der Waals surface area contributed by atoms with Crippen LogP contribution >= 0.6 is 0 Å². The summed E-state index contributed by atoms with van der Waals surface area (Å²) in [5.74, 6) is 0.416. The first kappa shape index (κ1) is 19.0.